The predicted octanol–water partition coefficient (Wildman–Crippen LogP) is 4.54. The molecule has 1 rings (SSSR count). The predicted molar refractivity (Wildman–Crippen MR) is 81.2 cm³/mol. The summed E-state index contributed by atoms with van der Waals surface area (Å²) in [5.74, 6) is 2.48. The number of thioether (sulfide) groups is 1. The first kappa shape index (κ1) is 14.4. The molecule has 0 atom stereocenters. The van der Waals surface area contributed by atoms with Gasteiger partial charge in [0, 0.05) is 12.2 Å². The van der Waals surface area contributed by atoms with Gasteiger partial charge in [-0.2, -0.15) is 11.8 Å². The van der Waals surface area contributed by atoms with Crippen LogP contribution in [-0.4, -0.2) is 18.1 Å². The summed E-state index contributed by atoms with van der Waals surface area (Å²) in [4.78, 5) is 0. The van der Waals surface area contributed by atoms with Crippen molar-refractivity contribution in [3.63, 3.8) is 0 Å². The first-order valence-corrected chi connectivity index (χ1v) is 7.61. The third kappa shape index (κ3) is 5.49. The zero-order chi connectivity index (χ0) is 12.7. The van der Waals surface area contributed by atoms with Crippen LogP contribution in [0.2, 0.25) is 0 Å². The van der Waals surface area contributed by atoms with Crippen LogP contribution < -0.4 is 5.32 Å². The fraction of sp³-hybridized carbons (Fsp3) is 0.600. The summed E-state index contributed by atoms with van der Waals surface area (Å²) in [6.07, 6.45) is 1.24. The molecule has 0 aliphatic heterocycles. The molecule has 0 unspecified atom stereocenters. The molecule has 0 aliphatic rings. The van der Waals surface area contributed by atoms with Crippen molar-refractivity contribution in [1.82, 2.24) is 0 Å². The van der Waals surface area contributed by atoms with Gasteiger partial charge in [-0.1, -0.05) is 39.8 Å². The Kier molecular flexibility index (Phi) is 5.90. The molecule has 17 heavy (non-hydrogen) atoms. The van der Waals surface area contributed by atoms with Gasteiger partial charge >= 0.3 is 0 Å². The van der Waals surface area contributed by atoms with Crippen LogP contribution in [0, 0.1) is 0 Å². The Hall–Kier alpha value is -0.630. The van der Waals surface area contributed by atoms with Crippen molar-refractivity contribution in [3.05, 3.63) is 29.8 Å². The zero-order valence-corrected chi connectivity index (χ0v) is 12.4. The van der Waals surface area contributed by atoms with E-state index in [4.69, 9.17) is 0 Å². The smallest absolute Gasteiger partial charge is 0.0340 e. The minimum atomic E-state index is 0.246. The van der Waals surface area contributed by atoms with Gasteiger partial charge in [-0.05, 0) is 41.0 Å². The first-order chi connectivity index (χ1) is 8.04. The molecule has 96 valence electrons. The van der Waals surface area contributed by atoms with E-state index in [1.165, 1.54) is 29.2 Å². The molecule has 0 aliphatic carbocycles. The Morgan fingerprint density at radius 1 is 1.12 bits per heavy atom. The molecule has 1 aromatic rings. The van der Waals surface area contributed by atoms with Crippen molar-refractivity contribution in [2.24, 2.45) is 0 Å². The van der Waals surface area contributed by atoms with Crippen LogP contribution in [0.5, 0.6) is 0 Å². The molecule has 0 saturated carbocycles. The molecule has 2 heteroatoms. The molecule has 0 heterocycles. The molecule has 0 aromatic heterocycles. The summed E-state index contributed by atoms with van der Waals surface area (Å²) in [5.41, 5.74) is 2.88. The maximum absolute atomic E-state index is 3.47. The molecule has 0 bridgehead atoms. The molecular weight excluding hydrogens is 226 g/mol. The molecule has 0 spiro atoms. The largest absolute Gasteiger partial charge is 0.385 e. The van der Waals surface area contributed by atoms with Gasteiger partial charge in [-0.15, -0.1) is 0 Å². The second kappa shape index (κ2) is 6.95. The van der Waals surface area contributed by atoms with Crippen molar-refractivity contribution in [3.8, 4) is 0 Å². The molecule has 0 fully saturated rings. The fourth-order valence-corrected chi connectivity index (χ4v) is 2.28. The highest BCUT2D eigenvalue weighted by Gasteiger charge is 2.12. The van der Waals surface area contributed by atoms with Gasteiger partial charge in [0.25, 0.3) is 0 Å². The number of rotatable bonds is 6. The van der Waals surface area contributed by atoms with Crippen LogP contribution in [0.4, 0.5) is 5.69 Å². The maximum atomic E-state index is 3.47. The van der Waals surface area contributed by atoms with Crippen LogP contribution in [0.1, 0.15) is 39.7 Å². The van der Waals surface area contributed by atoms with Crippen molar-refractivity contribution < 1.29 is 0 Å². The highest BCUT2D eigenvalue weighted by molar-refractivity contribution is 7.99. The molecule has 0 radical (unpaired) electrons. The topological polar surface area (TPSA) is 12.0 Å². The second-order valence-corrected chi connectivity index (χ2v) is 6.70. The third-order valence-electron chi connectivity index (χ3n) is 2.75. The highest BCUT2D eigenvalue weighted by Crippen LogP contribution is 2.23. The highest BCUT2D eigenvalue weighted by atomic mass is 32.2. The number of hydrogen-bond donors (Lipinski definition) is 1. The Morgan fingerprint density at radius 2 is 1.76 bits per heavy atom. The van der Waals surface area contributed by atoms with E-state index >= 15 is 0 Å². The minimum Gasteiger partial charge on any atom is -0.385 e. The Bertz CT molecular complexity index is 311. The average molecular weight is 251 g/mol. The van der Waals surface area contributed by atoms with Gasteiger partial charge < -0.3 is 5.32 Å². The maximum Gasteiger partial charge on any atom is 0.0340 e. The monoisotopic (exact) mass is 251 g/mol. The molecule has 0 amide bonds. The molecule has 1 nitrogen and oxygen atoms in total. The van der Waals surface area contributed by atoms with E-state index in [1.54, 1.807) is 0 Å². The van der Waals surface area contributed by atoms with Gasteiger partial charge in [0.15, 0.2) is 0 Å². The van der Waals surface area contributed by atoms with Gasteiger partial charge in [-0.3, -0.25) is 0 Å². The Morgan fingerprint density at radius 3 is 2.29 bits per heavy atom. The van der Waals surface area contributed by atoms with E-state index in [9.17, 15) is 0 Å². The second-order valence-electron chi connectivity index (χ2n) is 5.30. The summed E-state index contributed by atoms with van der Waals surface area (Å²) in [5, 5.41) is 3.47. The van der Waals surface area contributed by atoms with E-state index in [0.29, 0.717) is 0 Å². The standard InChI is InChI=1S/C15H25NS/c1-5-17-12-6-11-16-14-9-7-13(8-10-14)15(2,3)4/h7-10,16H,5-6,11-12H2,1-4H3. The molecule has 1 aromatic carbocycles. The summed E-state index contributed by atoms with van der Waals surface area (Å²) >= 11 is 2.01. The van der Waals surface area contributed by atoms with E-state index in [2.05, 4.69) is 57.3 Å². The van der Waals surface area contributed by atoms with Gasteiger partial charge in [0.1, 0.15) is 0 Å². The zero-order valence-electron chi connectivity index (χ0n) is 11.5. The summed E-state index contributed by atoms with van der Waals surface area (Å²) in [7, 11) is 0. The fourth-order valence-electron chi connectivity index (χ4n) is 1.64. The number of anilines is 1. The third-order valence-corrected chi connectivity index (χ3v) is 3.74. The van der Waals surface area contributed by atoms with E-state index in [0.717, 1.165) is 6.54 Å². The van der Waals surface area contributed by atoms with Gasteiger partial charge in [0.05, 0.1) is 0 Å². The molecular formula is C15H25NS. The van der Waals surface area contributed by atoms with Crippen LogP contribution in [0.25, 0.3) is 0 Å². The molecule has 0 saturated heterocycles. The first-order valence-electron chi connectivity index (χ1n) is 6.46. The lowest BCUT2D eigenvalue weighted by Crippen LogP contribution is -2.11. The van der Waals surface area contributed by atoms with E-state index < -0.39 is 0 Å². The van der Waals surface area contributed by atoms with Crippen molar-refractivity contribution in [2.45, 2.75) is 39.5 Å². The lowest BCUT2D eigenvalue weighted by Gasteiger charge is -2.19. The van der Waals surface area contributed by atoms with Crippen molar-refractivity contribution >= 4 is 17.4 Å². The number of hydrogen-bond acceptors (Lipinski definition) is 2. The van der Waals surface area contributed by atoms with E-state index in [-0.39, 0.29) is 5.41 Å². The van der Waals surface area contributed by atoms with Gasteiger partial charge in [0.2, 0.25) is 0 Å². The lowest BCUT2D eigenvalue weighted by atomic mass is 9.87. The quantitative estimate of drug-likeness (QED) is 0.745. The van der Waals surface area contributed by atoms with Crippen LogP contribution in [0.15, 0.2) is 24.3 Å². The Labute approximate surface area is 110 Å². The van der Waals surface area contributed by atoms with E-state index in [1.807, 2.05) is 11.8 Å². The summed E-state index contributed by atoms with van der Waals surface area (Å²) in [6.45, 7) is 10.0. The number of nitrogens with one attached hydrogen (secondary N) is 1. The minimum absolute atomic E-state index is 0.246. The molecule has 1 N–H and O–H groups in total. The Balaban J connectivity index is 2.36. The lowest BCUT2D eigenvalue weighted by molar-refractivity contribution is 0.590. The van der Waals surface area contributed by atoms with Crippen LogP contribution >= 0.6 is 11.8 Å². The van der Waals surface area contributed by atoms with Crippen LogP contribution in [-0.2, 0) is 5.41 Å². The average Bonchev–Trinajstić information content (AvgIpc) is 2.28. The van der Waals surface area contributed by atoms with Crippen molar-refractivity contribution in [2.75, 3.05) is 23.4 Å². The summed E-state index contributed by atoms with van der Waals surface area (Å²) in [6, 6.07) is 8.83. The number of benzene rings is 1. The SMILES string of the molecule is CCSCCCNc1ccc(C(C)(C)C)cc1. The normalized spacial score (nSPS) is 11.5. The van der Waals surface area contributed by atoms with Crippen molar-refractivity contribution in [1.29, 1.82) is 0 Å². The van der Waals surface area contributed by atoms with Gasteiger partial charge in [-0.25, -0.2) is 0 Å². The summed E-state index contributed by atoms with van der Waals surface area (Å²) < 4.78 is 0. The van der Waals surface area contributed by atoms with Crippen LogP contribution in [0.3, 0.4) is 0 Å².